The number of nitrogens with one attached hydrogen (secondary N) is 2. The van der Waals surface area contributed by atoms with Crippen molar-refractivity contribution < 1.29 is 21.6 Å². The molecule has 0 amide bonds. The summed E-state index contributed by atoms with van der Waals surface area (Å²) < 4.78 is 64.4. The van der Waals surface area contributed by atoms with E-state index in [2.05, 4.69) is 10.2 Å². The van der Waals surface area contributed by atoms with E-state index < -0.39 is 33.2 Å². The minimum absolute atomic E-state index is 0.169. The summed E-state index contributed by atoms with van der Waals surface area (Å²) in [6, 6.07) is 1.09. The van der Waals surface area contributed by atoms with E-state index >= 15 is 0 Å². The Labute approximate surface area is 106 Å². The fourth-order valence-electron chi connectivity index (χ4n) is 1.44. The second-order valence-electron chi connectivity index (χ2n) is 3.72. The smallest absolute Gasteiger partial charge is 0.265 e. The van der Waals surface area contributed by atoms with Crippen LogP contribution in [0.15, 0.2) is 23.2 Å². The van der Waals surface area contributed by atoms with Gasteiger partial charge in [-0.3, -0.25) is 9.82 Å². The first kappa shape index (κ1) is 13.4. The Balaban J connectivity index is 2.39. The van der Waals surface area contributed by atoms with Crippen molar-refractivity contribution >= 4 is 15.7 Å². The molecule has 0 bridgehead atoms. The molecule has 2 aromatic rings. The van der Waals surface area contributed by atoms with E-state index in [9.17, 15) is 21.6 Å². The first-order valence-electron chi connectivity index (χ1n) is 4.98. The molecule has 0 unspecified atom stereocenters. The summed E-state index contributed by atoms with van der Waals surface area (Å²) in [5.74, 6) is -4.63. The van der Waals surface area contributed by atoms with E-state index in [4.69, 9.17) is 0 Å². The van der Waals surface area contributed by atoms with Crippen LogP contribution >= 0.6 is 0 Å². The van der Waals surface area contributed by atoms with Gasteiger partial charge in [-0.2, -0.15) is 5.10 Å². The Hall–Kier alpha value is -2.03. The summed E-state index contributed by atoms with van der Waals surface area (Å²) in [7, 11) is -4.05. The highest BCUT2D eigenvalue weighted by atomic mass is 32.2. The molecule has 0 spiro atoms. The lowest BCUT2D eigenvalue weighted by Gasteiger charge is -2.07. The largest absolute Gasteiger partial charge is 0.281 e. The zero-order valence-corrected chi connectivity index (χ0v) is 10.4. The van der Waals surface area contributed by atoms with Gasteiger partial charge in [0.2, 0.25) is 0 Å². The van der Waals surface area contributed by atoms with Crippen molar-refractivity contribution in [2.75, 3.05) is 4.72 Å². The predicted octanol–water partition coefficient (Wildman–Crippen LogP) is 1.94. The maximum absolute atomic E-state index is 13.0. The summed E-state index contributed by atoms with van der Waals surface area (Å²) in [6.07, 6.45) is 1.05. The highest BCUT2D eigenvalue weighted by Crippen LogP contribution is 2.21. The Morgan fingerprint density at radius 3 is 2.26 bits per heavy atom. The Bertz CT molecular complexity index is 704. The SMILES string of the molecule is Cc1[nH]ncc1S(=O)(=O)Nc1cc(F)c(F)c(F)c1. The molecule has 2 rings (SSSR count). The second-order valence-corrected chi connectivity index (χ2v) is 5.37. The van der Waals surface area contributed by atoms with Crippen LogP contribution in [0.1, 0.15) is 5.69 Å². The predicted molar refractivity (Wildman–Crippen MR) is 60.4 cm³/mol. The number of anilines is 1. The van der Waals surface area contributed by atoms with Crippen LogP contribution in [0.25, 0.3) is 0 Å². The molecule has 1 heterocycles. The zero-order valence-electron chi connectivity index (χ0n) is 9.54. The van der Waals surface area contributed by atoms with Crippen molar-refractivity contribution in [3.05, 3.63) is 41.5 Å². The third kappa shape index (κ3) is 2.55. The molecule has 102 valence electrons. The monoisotopic (exact) mass is 291 g/mol. The van der Waals surface area contributed by atoms with Crippen LogP contribution in [-0.4, -0.2) is 18.6 Å². The van der Waals surface area contributed by atoms with Gasteiger partial charge in [-0.15, -0.1) is 0 Å². The zero-order chi connectivity index (χ0) is 14.2. The highest BCUT2D eigenvalue weighted by molar-refractivity contribution is 7.92. The van der Waals surface area contributed by atoms with Crippen LogP contribution in [0.3, 0.4) is 0 Å². The van der Waals surface area contributed by atoms with Gasteiger partial charge in [0, 0.05) is 12.1 Å². The van der Waals surface area contributed by atoms with Gasteiger partial charge in [0.1, 0.15) is 4.90 Å². The Kier molecular flexibility index (Phi) is 3.23. The number of aromatic nitrogens is 2. The van der Waals surface area contributed by atoms with Crippen LogP contribution in [-0.2, 0) is 10.0 Å². The minimum Gasteiger partial charge on any atom is -0.281 e. The quantitative estimate of drug-likeness (QED) is 0.849. The number of sulfonamides is 1. The number of aromatic amines is 1. The third-order valence-electron chi connectivity index (χ3n) is 2.31. The van der Waals surface area contributed by atoms with E-state index in [0.717, 1.165) is 6.20 Å². The van der Waals surface area contributed by atoms with Crippen molar-refractivity contribution in [2.24, 2.45) is 0 Å². The molecular weight excluding hydrogens is 283 g/mol. The van der Waals surface area contributed by atoms with E-state index in [1.165, 1.54) is 6.92 Å². The highest BCUT2D eigenvalue weighted by Gasteiger charge is 2.20. The first-order valence-corrected chi connectivity index (χ1v) is 6.47. The fraction of sp³-hybridized carbons (Fsp3) is 0.100. The summed E-state index contributed by atoms with van der Waals surface area (Å²) >= 11 is 0. The van der Waals surface area contributed by atoms with Crippen molar-refractivity contribution in [1.29, 1.82) is 0 Å². The molecule has 19 heavy (non-hydrogen) atoms. The molecular formula is C10H8F3N3O2S. The number of aryl methyl sites for hydroxylation is 1. The minimum atomic E-state index is -4.05. The van der Waals surface area contributed by atoms with Crippen LogP contribution in [0.4, 0.5) is 18.9 Å². The number of rotatable bonds is 3. The lowest BCUT2D eigenvalue weighted by Crippen LogP contribution is -2.14. The molecule has 0 saturated heterocycles. The van der Waals surface area contributed by atoms with Gasteiger partial charge in [-0.25, -0.2) is 21.6 Å². The molecule has 0 aliphatic heterocycles. The van der Waals surface area contributed by atoms with Gasteiger partial charge in [-0.05, 0) is 6.92 Å². The van der Waals surface area contributed by atoms with Crippen LogP contribution in [0.2, 0.25) is 0 Å². The number of nitrogens with zero attached hydrogens (tertiary/aromatic N) is 1. The summed E-state index contributed by atoms with van der Waals surface area (Å²) in [5, 5.41) is 5.94. The summed E-state index contributed by atoms with van der Waals surface area (Å²) in [6.45, 7) is 1.47. The third-order valence-corrected chi connectivity index (χ3v) is 3.80. The molecule has 9 heteroatoms. The van der Waals surface area contributed by atoms with E-state index in [1.807, 2.05) is 4.72 Å². The molecule has 0 radical (unpaired) electrons. The lowest BCUT2D eigenvalue weighted by molar-refractivity contribution is 0.448. The number of halogens is 3. The van der Waals surface area contributed by atoms with Gasteiger partial charge in [-0.1, -0.05) is 0 Å². The molecule has 2 N–H and O–H groups in total. The van der Waals surface area contributed by atoms with Gasteiger partial charge < -0.3 is 0 Å². The molecule has 0 fully saturated rings. The normalized spacial score (nSPS) is 11.6. The average Bonchev–Trinajstić information content (AvgIpc) is 2.72. The van der Waals surface area contributed by atoms with Crippen LogP contribution in [0.5, 0.6) is 0 Å². The fourth-order valence-corrected chi connectivity index (χ4v) is 2.61. The van der Waals surface area contributed by atoms with Crippen molar-refractivity contribution in [3.8, 4) is 0 Å². The van der Waals surface area contributed by atoms with Crippen molar-refractivity contribution in [1.82, 2.24) is 10.2 Å². The van der Waals surface area contributed by atoms with Crippen molar-refractivity contribution in [2.45, 2.75) is 11.8 Å². The Morgan fingerprint density at radius 1 is 1.21 bits per heavy atom. The molecule has 1 aromatic carbocycles. The van der Waals surface area contributed by atoms with Gasteiger partial charge in [0.25, 0.3) is 10.0 Å². The first-order chi connectivity index (χ1) is 8.81. The number of hydrogen-bond acceptors (Lipinski definition) is 3. The molecule has 0 aliphatic carbocycles. The second kappa shape index (κ2) is 4.57. The molecule has 0 aliphatic rings. The van der Waals surface area contributed by atoms with Gasteiger partial charge >= 0.3 is 0 Å². The van der Waals surface area contributed by atoms with E-state index in [-0.39, 0.29) is 10.6 Å². The lowest BCUT2D eigenvalue weighted by atomic mass is 10.3. The summed E-state index contributed by atoms with van der Waals surface area (Å²) in [4.78, 5) is -0.169. The van der Waals surface area contributed by atoms with Crippen LogP contribution < -0.4 is 4.72 Å². The standard InChI is InChI=1S/C10H8F3N3O2S/c1-5-9(4-14-15-5)19(17,18)16-6-2-7(11)10(13)8(12)3-6/h2-4,16H,1H3,(H,14,15). The van der Waals surface area contributed by atoms with E-state index in [0.29, 0.717) is 12.1 Å². The number of H-pyrrole nitrogens is 1. The number of benzene rings is 1. The number of hydrogen-bond donors (Lipinski definition) is 2. The van der Waals surface area contributed by atoms with Gasteiger partial charge in [0.15, 0.2) is 17.5 Å². The topological polar surface area (TPSA) is 74.8 Å². The van der Waals surface area contributed by atoms with Crippen molar-refractivity contribution in [3.63, 3.8) is 0 Å². The van der Waals surface area contributed by atoms with Gasteiger partial charge in [0.05, 0.1) is 17.6 Å². The van der Waals surface area contributed by atoms with E-state index in [1.54, 1.807) is 0 Å². The molecule has 5 nitrogen and oxygen atoms in total. The maximum Gasteiger partial charge on any atom is 0.265 e. The average molecular weight is 291 g/mol. The maximum atomic E-state index is 13.0. The molecule has 0 saturated carbocycles. The summed E-state index contributed by atoms with van der Waals surface area (Å²) in [5.41, 5.74) is -0.160. The molecule has 1 aromatic heterocycles. The molecule has 0 atom stereocenters. The Morgan fingerprint density at radius 2 is 1.79 bits per heavy atom. The van der Waals surface area contributed by atoms with Crippen LogP contribution in [0, 0.1) is 24.4 Å².